The second kappa shape index (κ2) is 6.58. The van der Waals surface area contributed by atoms with E-state index < -0.39 is 17.5 Å². The molecule has 6 aromatic carbocycles. The molecule has 0 atom stereocenters. The summed E-state index contributed by atoms with van der Waals surface area (Å²) in [5.41, 5.74) is 0.588. The van der Waals surface area contributed by atoms with Crippen LogP contribution in [0.25, 0.3) is 54.2 Å². The maximum Gasteiger partial charge on any atom is 0.195 e. The van der Waals surface area contributed by atoms with Crippen molar-refractivity contribution >= 4 is 43.1 Å². The second-order valence-corrected chi connectivity index (χ2v) is 7.83. The number of hydrogen-bond donors (Lipinski definition) is 0. The Morgan fingerprint density at radius 3 is 1.48 bits per heavy atom. The van der Waals surface area contributed by atoms with Gasteiger partial charge in [-0.25, -0.2) is 13.2 Å². The lowest BCUT2D eigenvalue weighted by molar-refractivity contribution is 0.455. The highest BCUT2D eigenvalue weighted by atomic mass is 19.2. The Morgan fingerprint density at radius 1 is 0.387 bits per heavy atom. The van der Waals surface area contributed by atoms with Crippen molar-refractivity contribution in [2.75, 3.05) is 0 Å². The molecule has 0 heterocycles. The molecule has 3 heteroatoms. The van der Waals surface area contributed by atoms with Gasteiger partial charge in [0.05, 0.1) is 0 Å². The molecule has 148 valence electrons. The van der Waals surface area contributed by atoms with Gasteiger partial charge >= 0.3 is 0 Å². The molecular weight excluding hydrogens is 393 g/mol. The van der Waals surface area contributed by atoms with Crippen LogP contribution in [0.2, 0.25) is 0 Å². The largest absolute Gasteiger partial charge is 0.203 e. The predicted molar refractivity (Wildman–Crippen MR) is 122 cm³/mol. The Labute approximate surface area is 176 Å². The minimum atomic E-state index is -1.45. The highest BCUT2D eigenvalue weighted by Gasteiger charge is 2.21. The quantitative estimate of drug-likeness (QED) is 0.189. The number of hydrogen-bond acceptors (Lipinski definition) is 0. The van der Waals surface area contributed by atoms with E-state index in [1.807, 2.05) is 30.3 Å². The lowest BCUT2D eigenvalue weighted by Gasteiger charge is -2.13. The lowest BCUT2D eigenvalue weighted by Crippen LogP contribution is -1.98. The first kappa shape index (κ1) is 18.0. The highest BCUT2D eigenvalue weighted by Crippen LogP contribution is 2.38. The Kier molecular flexibility index (Phi) is 3.81. The zero-order valence-electron chi connectivity index (χ0n) is 16.3. The normalized spacial score (nSPS) is 11.7. The summed E-state index contributed by atoms with van der Waals surface area (Å²) < 4.78 is 44.2. The van der Waals surface area contributed by atoms with Crippen molar-refractivity contribution in [3.8, 4) is 11.1 Å². The first-order valence-electron chi connectivity index (χ1n) is 10.0. The summed E-state index contributed by atoms with van der Waals surface area (Å²) in [6.45, 7) is 0. The van der Waals surface area contributed by atoms with Crippen LogP contribution in [0.1, 0.15) is 0 Å². The van der Waals surface area contributed by atoms with E-state index in [4.69, 9.17) is 0 Å². The van der Waals surface area contributed by atoms with Gasteiger partial charge in [0.15, 0.2) is 17.5 Å². The molecule has 0 bridgehead atoms. The Hall–Kier alpha value is -3.85. The molecule has 0 aliphatic rings. The molecule has 0 aromatic heterocycles. The fraction of sp³-hybridized carbons (Fsp3) is 0. The van der Waals surface area contributed by atoms with Crippen LogP contribution in [-0.2, 0) is 0 Å². The van der Waals surface area contributed by atoms with Gasteiger partial charge in [0.2, 0.25) is 0 Å². The van der Waals surface area contributed by atoms with E-state index in [-0.39, 0.29) is 10.9 Å². The number of rotatable bonds is 1. The van der Waals surface area contributed by atoms with E-state index in [2.05, 4.69) is 18.2 Å². The molecular formula is C28H15F3. The highest BCUT2D eigenvalue weighted by molar-refractivity contribution is 6.10. The van der Waals surface area contributed by atoms with E-state index in [9.17, 15) is 13.2 Å². The van der Waals surface area contributed by atoms with E-state index in [1.165, 1.54) is 0 Å². The Morgan fingerprint density at radius 2 is 0.871 bits per heavy atom. The van der Waals surface area contributed by atoms with Gasteiger partial charge in [-0.05, 0) is 79.7 Å². The van der Waals surface area contributed by atoms with Gasteiger partial charge in [-0.1, -0.05) is 54.6 Å². The third-order valence-electron chi connectivity index (χ3n) is 5.97. The molecule has 0 unspecified atom stereocenters. The second-order valence-electron chi connectivity index (χ2n) is 7.83. The molecule has 0 saturated carbocycles. The van der Waals surface area contributed by atoms with Gasteiger partial charge in [0, 0.05) is 10.9 Å². The summed E-state index contributed by atoms with van der Waals surface area (Å²) >= 11 is 0. The molecule has 0 spiro atoms. The van der Waals surface area contributed by atoms with Crippen molar-refractivity contribution in [2.24, 2.45) is 0 Å². The minimum absolute atomic E-state index is 0.0744. The molecule has 0 aliphatic carbocycles. The molecule has 0 aliphatic heterocycles. The van der Waals surface area contributed by atoms with E-state index >= 15 is 0 Å². The fourth-order valence-corrected chi connectivity index (χ4v) is 4.46. The van der Waals surface area contributed by atoms with Crippen LogP contribution in [0.3, 0.4) is 0 Å². The summed E-state index contributed by atoms with van der Waals surface area (Å²) in [4.78, 5) is 0. The van der Waals surface area contributed by atoms with Crippen LogP contribution < -0.4 is 0 Å². The van der Waals surface area contributed by atoms with Crippen LogP contribution >= 0.6 is 0 Å². The smallest absolute Gasteiger partial charge is 0.195 e. The first-order chi connectivity index (χ1) is 15.1. The molecule has 0 nitrogen and oxygen atoms in total. The monoisotopic (exact) mass is 408 g/mol. The van der Waals surface area contributed by atoms with Crippen LogP contribution in [0, 0.1) is 17.5 Å². The molecule has 0 radical (unpaired) electrons. The van der Waals surface area contributed by atoms with Gasteiger partial charge in [-0.3, -0.25) is 0 Å². The van der Waals surface area contributed by atoms with Gasteiger partial charge < -0.3 is 0 Å². The van der Waals surface area contributed by atoms with Gasteiger partial charge in [0.1, 0.15) is 0 Å². The molecule has 0 fully saturated rings. The lowest BCUT2D eigenvalue weighted by atomic mass is 9.93. The summed E-state index contributed by atoms with van der Waals surface area (Å²) in [5.74, 6) is -3.77. The first-order valence-corrected chi connectivity index (χ1v) is 10.0. The van der Waals surface area contributed by atoms with Crippen LogP contribution in [-0.4, -0.2) is 0 Å². The number of benzene rings is 6. The van der Waals surface area contributed by atoms with E-state index in [0.717, 1.165) is 32.3 Å². The zero-order valence-corrected chi connectivity index (χ0v) is 16.3. The molecule has 0 N–H and O–H groups in total. The van der Waals surface area contributed by atoms with Crippen LogP contribution in [0.15, 0.2) is 91.0 Å². The van der Waals surface area contributed by atoms with Crippen molar-refractivity contribution in [3.05, 3.63) is 108 Å². The zero-order chi connectivity index (χ0) is 21.1. The molecule has 0 amide bonds. The third kappa shape index (κ3) is 2.70. The summed E-state index contributed by atoms with van der Waals surface area (Å²) in [7, 11) is 0. The van der Waals surface area contributed by atoms with E-state index in [0.29, 0.717) is 10.9 Å². The van der Waals surface area contributed by atoms with E-state index in [1.54, 1.807) is 42.5 Å². The summed E-state index contributed by atoms with van der Waals surface area (Å²) in [6, 6.07) is 28.3. The molecule has 6 aromatic rings. The van der Waals surface area contributed by atoms with Gasteiger partial charge in [-0.15, -0.1) is 0 Å². The standard InChI is InChI=1S/C28H15F3/c29-26-24-15-22-13-20-11-18-9-5-4-8-17(18)10-19(20)12-21(22)14-23(24)25(27(30)28(26)31)16-6-2-1-3-7-16/h1-15H. The molecule has 0 saturated heterocycles. The predicted octanol–water partition coefficient (Wildman–Crippen LogP) is 8.38. The Bertz CT molecular complexity index is 1650. The maximum absolute atomic E-state index is 14.9. The van der Waals surface area contributed by atoms with Crippen molar-refractivity contribution in [1.29, 1.82) is 0 Å². The van der Waals surface area contributed by atoms with Crippen LogP contribution in [0.4, 0.5) is 13.2 Å². The van der Waals surface area contributed by atoms with Gasteiger partial charge in [-0.2, -0.15) is 0 Å². The van der Waals surface area contributed by atoms with Crippen LogP contribution in [0.5, 0.6) is 0 Å². The van der Waals surface area contributed by atoms with Crippen molar-refractivity contribution in [1.82, 2.24) is 0 Å². The number of fused-ring (bicyclic) bond motifs is 4. The Balaban J connectivity index is 1.74. The van der Waals surface area contributed by atoms with Crippen molar-refractivity contribution in [2.45, 2.75) is 0 Å². The van der Waals surface area contributed by atoms with Crippen molar-refractivity contribution in [3.63, 3.8) is 0 Å². The minimum Gasteiger partial charge on any atom is -0.203 e. The maximum atomic E-state index is 14.9. The average Bonchev–Trinajstić information content (AvgIpc) is 2.80. The number of halogens is 3. The fourth-order valence-electron chi connectivity index (χ4n) is 4.46. The molecule has 6 rings (SSSR count). The average molecular weight is 408 g/mol. The summed E-state index contributed by atoms with van der Waals surface area (Å²) in [5, 5.41) is 6.34. The summed E-state index contributed by atoms with van der Waals surface area (Å²) in [6.07, 6.45) is 0. The molecule has 31 heavy (non-hydrogen) atoms. The topological polar surface area (TPSA) is 0 Å². The van der Waals surface area contributed by atoms with Gasteiger partial charge in [0.25, 0.3) is 0 Å². The van der Waals surface area contributed by atoms with Crippen molar-refractivity contribution < 1.29 is 13.2 Å². The SMILES string of the molecule is Fc1c(F)c(-c2ccccc2)c2cc3cc4cc5ccccc5cc4cc3cc2c1F. The third-order valence-corrected chi connectivity index (χ3v) is 5.97.